The van der Waals surface area contributed by atoms with Gasteiger partial charge >= 0.3 is 0 Å². The molecule has 0 atom stereocenters. The Hall–Kier alpha value is -1.38. The summed E-state index contributed by atoms with van der Waals surface area (Å²) in [6.45, 7) is 7.18. The molecule has 7 nitrogen and oxygen atoms in total. The summed E-state index contributed by atoms with van der Waals surface area (Å²) < 4.78 is 5.18. The van der Waals surface area contributed by atoms with Gasteiger partial charge in [0.25, 0.3) is 5.91 Å². The van der Waals surface area contributed by atoms with Gasteiger partial charge in [-0.25, -0.2) is 4.98 Å². The van der Waals surface area contributed by atoms with Crippen LogP contribution in [0.3, 0.4) is 0 Å². The van der Waals surface area contributed by atoms with E-state index in [9.17, 15) is 4.79 Å². The quantitative estimate of drug-likeness (QED) is 0.635. The molecule has 1 aliphatic heterocycles. The molecule has 1 aliphatic rings. The number of aromatic nitrogens is 1. The lowest BCUT2D eigenvalue weighted by molar-refractivity contribution is 0.0927. The average molecular weight is 299 g/mol. The Morgan fingerprint density at radius 3 is 3.00 bits per heavy atom. The van der Waals surface area contributed by atoms with Crippen LogP contribution in [0, 0.1) is 0 Å². The molecule has 1 fully saturated rings. The molecule has 112 valence electrons. The highest BCUT2D eigenvalue weighted by Gasteiger charge is 2.20. The van der Waals surface area contributed by atoms with Crippen LogP contribution in [0.25, 0.3) is 0 Å². The number of nitrogens with zero attached hydrogens (tertiary/aromatic N) is 2. The first-order valence-corrected chi connectivity index (χ1v) is 7.62. The lowest BCUT2D eigenvalue weighted by atomic mass is 10.4. The summed E-state index contributed by atoms with van der Waals surface area (Å²) in [4.78, 5) is 18.9. The number of thiazole rings is 1. The molecule has 0 saturated carbocycles. The fourth-order valence-corrected chi connectivity index (χ4v) is 2.89. The molecular formula is C12H21N5O2S. The van der Waals surface area contributed by atoms with Gasteiger partial charge in [0.05, 0.1) is 6.61 Å². The molecule has 1 aromatic rings. The van der Waals surface area contributed by atoms with Crippen LogP contribution >= 0.6 is 11.3 Å². The second-order valence-electron chi connectivity index (χ2n) is 4.40. The number of hydrogen-bond donors (Lipinski definition) is 3. The molecule has 0 radical (unpaired) electrons. The maximum atomic E-state index is 12.0. The van der Waals surface area contributed by atoms with E-state index < -0.39 is 0 Å². The Morgan fingerprint density at radius 1 is 1.55 bits per heavy atom. The van der Waals surface area contributed by atoms with Gasteiger partial charge in [-0.3, -0.25) is 4.79 Å². The summed E-state index contributed by atoms with van der Waals surface area (Å²) in [5.74, 6) is 0.124. The van der Waals surface area contributed by atoms with Gasteiger partial charge in [0.2, 0.25) is 0 Å². The van der Waals surface area contributed by atoms with Crippen molar-refractivity contribution in [1.29, 1.82) is 0 Å². The SMILES string of the molecule is CCOCCNC(=O)c1sc(N2CCNCC2)nc1N. The van der Waals surface area contributed by atoms with E-state index in [0.29, 0.717) is 30.5 Å². The summed E-state index contributed by atoms with van der Waals surface area (Å²) in [6.07, 6.45) is 0. The standard InChI is InChI=1S/C12H21N5O2S/c1-2-19-8-5-15-11(18)9-10(13)16-12(20-9)17-6-3-14-4-7-17/h14H,2-8,13H2,1H3,(H,15,18). The number of carbonyl (C=O) groups excluding carboxylic acids is 1. The number of anilines is 2. The van der Waals surface area contributed by atoms with Crippen molar-refractivity contribution in [2.75, 3.05) is 56.6 Å². The van der Waals surface area contributed by atoms with Crippen molar-refractivity contribution in [2.45, 2.75) is 6.92 Å². The first-order chi connectivity index (χ1) is 9.72. The molecule has 0 bridgehead atoms. The Bertz CT molecular complexity index is 445. The zero-order chi connectivity index (χ0) is 14.4. The van der Waals surface area contributed by atoms with Crippen molar-refractivity contribution in [3.05, 3.63) is 4.88 Å². The molecular weight excluding hydrogens is 278 g/mol. The van der Waals surface area contributed by atoms with Crippen LogP contribution in [-0.4, -0.2) is 56.8 Å². The van der Waals surface area contributed by atoms with E-state index in [-0.39, 0.29) is 5.91 Å². The molecule has 20 heavy (non-hydrogen) atoms. The molecule has 2 rings (SSSR count). The van der Waals surface area contributed by atoms with Crippen LogP contribution in [-0.2, 0) is 4.74 Å². The molecule has 0 aromatic carbocycles. The third-order valence-electron chi connectivity index (χ3n) is 2.97. The minimum absolute atomic E-state index is 0.180. The number of ether oxygens (including phenoxy) is 1. The predicted octanol–water partition coefficient (Wildman–Crippen LogP) is -0.0988. The molecule has 1 aromatic heterocycles. The summed E-state index contributed by atoms with van der Waals surface area (Å²) in [6, 6.07) is 0. The van der Waals surface area contributed by atoms with Crippen LogP contribution in [0.2, 0.25) is 0 Å². The van der Waals surface area contributed by atoms with Crippen molar-refractivity contribution in [3.8, 4) is 0 Å². The largest absolute Gasteiger partial charge is 0.382 e. The molecule has 0 spiro atoms. The number of piperazine rings is 1. The van der Waals surface area contributed by atoms with Gasteiger partial charge < -0.3 is 26.0 Å². The molecule has 8 heteroatoms. The van der Waals surface area contributed by atoms with Crippen LogP contribution in [0.1, 0.15) is 16.6 Å². The monoisotopic (exact) mass is 299 g/mol. The topological polar surface area (TPSA) is 92.5 Å². The first-order valence-electron chi connectivity index (χ1n) is 6.80. The number of nitrogens with two attached hydrogens (primary N) is 1. The highest BCUT2D eigenvalue weighted by molar-refractivity contribution is 7.18. The van der Waals surface area contributed by atoms with Gasteiger partial charge in [0, 0.05) is 39.3 Å². The summed E-state index contributed by atoms with van der Waals surface area (Å²) in [5.41, 5.74) is 5.84. The van der Waals surface area contributed by atoms with Crippen LogP contribution < -0.4 is 21.3 Å². The number of hydrogen-bond acceptors (Lipinski definition) is 7. The van der Waals surface area contributed by atoms with Crippen molar-refractivity contribution < 1.29 is 9.53 Å². The van der Waals surface area contributed by atoms with Crippen molar-refractivity contribution in [1.82, 2.24) is 15.6 Å². The molecule has 0 unspecified atom stereocenters. The van der Waals surface area contributed by atoms with E-state index in [1.807, 2.05) is 6.92 Å². The lowest BCUT2D eigenvalue weighted by Gasteiger charge is -2.26. The van der Waals surface area contributed by atoms with E-state index in [1.54, 1.807) is 0 Å². The van der Waals surface area contributed by atoms with Crippen LogP contribution in [0.15, 0.2) is 0 Å². The van der Waals surface area contributed by atoms with Gasteiger partial charge in [-0.05, 0) is 6.92 Å². The lowest BCUT2D eigenvalue weighted by Crippen LogP contribution is -2.43. The Morgan fingerprint density at radius 2 is 2.30 bits per heavy atom. The summed E-state index contributed by atoms with van der Waals surface area (Å²) >= 11 is 1.35. The second-order valence-corrected chi connectivity index (χ2v) is 5.38. The molecule has 0 aliphatic carbocycles. The van der Waals surface area contributed by atoms with Crippen molar-refractivity contribution in [3.63, 3.8) is 0 Å². The van der Waals surface area contributed by atoms with E-state index in [1.165, 1.54) is 11.3 Å². The van der Waals surface area contributed by atoms with Crippen LogP contribution in [0.4, 0.5) is 10.9 Å². The molecule has 2 heterocycles. The zero-order valence-corrected chi connectivity index (χ0v) is 12.5. The molecule has 1 saturated heterocycles. The smallest absolute Gasteiger partial charge is 0.265 e. The number of nitrogens with one attached hydrogen (secondary N) is 2. The molecule has 4 N–H and O–H groups in total. The fraction of sp³-hybridized carbons (Fsp3) is 0.667. The van der Waals surface area contributed by atoms with E-state index >= 15 is 0 Å². The number of rotatable bonds is 6. The van der Waals surface area contributed by atoms with Gasteiger partial charge in [-0.15, -0.1) is 0 Å². The highest BCUT2D eigenvalue weighted by atomic mass is 32.1. The number of amides is 1. The molecule has 1 amide bonds. The second kappa shape index (κ2) is 7.41. The Balaban J connectivity index is 1.94. The minimum Gasteiger partial charge on any atom is -0.382 e. The number of nitrogen functional groups attached to an aromatic ring is 1. The van der Waals surface area contributed by atoms with Gasteiger partial charge in [-0.1, -0.05) is 11.3 Å². The van der Waals surface area contributed by atoms with E-state index in [0.717, 1.165) is 31.3 Å². The van der Waals surface area contributed by atoms with Gasteiger partial charge in [0.15, 0.2) is 5.13 Å². The third kappa shape index (κ3) is 3.81. The van der Waals surface area contributed by atoms with Gasteiger partial charge in [0.1, 0.15) is 10.7 Å². The normalized spacial score (nSPS) is 15.3. The Labute approximate surface area is 122 Å². The van der Waals surface area contributed by atoms with E-state index in [2.05, 4.69) is 20.5 Å². The van der Waals surface area contributed by atoms with Crippen LogP contribution in [0.5, 0.6) is 0 Å². The Kier molecular flexibility index (Phi) is 5.57. The highest BCUT2D eigenvalue weighted by Crippen LogP contribution is 2.28. The zero-order valence-electron chi connectivity index (χ0n) is 11.6. The summed E-state index contributed by atoms with van der Waals surface area (Å²) in [5, 5.41) is 6.88. The third-order valence-corrected chi connectivity index (χ3v) is 4.10. The minimum atomic E-state index is -0.180. The van der Waals surface area contributed by atoms with Crippen molar-refractivity contribution >= 4 is 28.2 Å². The predicted molar refractivity (Wildman–Crippen MR) is 80.4 cm³/mol. The first kappa shape index (κ1) is 15.0. The number of carbonyl (C=O) groups is 1. The summed E-state index contributed by atoms with van der Waals surface area (Å²) in [7, 11) is 0. The van der Waals surface area contributed by atoms with Crippen molar-refractivity contribution in [2.24, 2.45) is 0 Å². The maximum Gasteiger partial charge on any atom is 0.265 e. The fourth-order valence-electron chi connectivity index (χ4n) is 1.94. The average Bonchev–Trinajstić information content (AvgIpc) is 2.86. The van der Waals surface area contributed by atoms with E-state index in [4.69, 9.17) is 10.5 Å². The maximum absolute atomic E-state index is 12.0. The van der Waals surface area contributed by atoms with Gasteiger partial charge in [-0.2, -0.15) is 0 Å².